The van der Waals surface area contributed by atoms with Crippen LogP contribution < -0.4 is 0 Å². The molecular weight excluding hydrogens is 573 g/mol. The van der Waals surface area contributed by atoms with Crippen LogP contribution in [-0.2, 0) is 19.1 Å². The third kappa shape index (κ3) is 7.92. The topological polar surface area (TPSA) is 52.6 Å². The lowest BCUT2D eigenvalue weighted by atomic mass is 9.99. The van der Waals surface area contributed by atoms with E-state index in [1.807, 2.05) is 96.3 Å². The maximum Gasteiger partial charge on any atom is 0.317 e. The zero-order chi connectivity index (χ0) is 29.4. The Morgan fingerprint density at radius 1 is 0.465 bits per heavy atom. The van der Waals surface area contributed by atoms with E-state index >= 15 is 0 Å². The molecule has 2 aliphatic heterocycles. The number of benzene rings is 4. The van der Waals surface area contributed by atoms with Gasteiger partial charge in [0.1, 0.15) is 18.6 Å². The molecule has 6 heteroatoms. The first kappa shape index (κ1) is 29.6. The average molecular weight is 609 g/mol. The quantitative estimate of drug-likeness (QED) is 0.147. The van der Waals surface area contributed by atoms with E-state index in [0.717, 1.165) is 25.7 Å². The van der Waals surface area contributed by atoms with Gasteiger partial charge in [0.25, 0.3) is 0 Å². The summed E-state index contributed by atoms with van der Waals surface area (Å²) in [4.78, 5) is 26.2. The highest BCUT2D eigenvalue weighted by Crippen LogP contribution is 2.52. The van der Waals surface area contributed by atoms with Crippen molar-refractivity contribution < 1.29 is 19.1 Å². The highest BCUT2D eigenvalue weighted by Gasteiger charge is 2.36. The van der Waals surface area contributed by atoms with Gasteiger partial charge in [-0.1, -0.05) is 121 Å². The first-order valence-electron chi connectivity index (χ1n) is 15.0. The number of rotatable bonds is 8. The van der Waals surface area contributed by atoms with Crippen molar-refractivity contribution >= 4 is 35.5 Å². The summed E-state index contributed by atoms with van der Waals surface area (Å²) in [7, 11) is 0. The van der Waals surface area contributed by atoms with E-state index in [-0.39, 0.29) is 39.6 Å². The van der Waals surface area contributed by atoms with Gasteiger partial charge in [-0.25, -0.2) is 0 Å². The highest BCUT2D eigenvalue weighted by molar-refractivity contribution is 8.00. The zero-order valence-corrected chi connectivity index (χ0v) is 25.6. The Hall–Kier alpha value is -3.48. The van der Waals surface area contributed by atoms with E-state index in [1.54, 1.807) is 0 Å². The number of hydrogen-bond donors (Lipinski definition) is 0. The van der Waals surface area contributed by atoms with Gasteiger partial charge in [-0.15, -0.1) is 23.5 Å². The van der Waals surface area contributed by atoms with Crippen molar-refractivity contribution in [1.29, 1.82) is 0 Å². The number of thioether (sulfide) groups is 2. The van der Waals surface area contributed by atoms with Crippen molar-refractivity contribution in [2.45, 2.75) is 65.3 Å². The SMILES string of the molecule is O=C(CC(=O)OC1CC(c2ccccc2)SC(c2ccccc2)C1)OC1CC(c2ccccc2)SC(c2ccccc2)C1. The Bertz CT molecular complexity index is 1260. The minimum atomic E-state index is -0.509. The molecule has 6 rings (SSSR count). The van der Waals surface area contributed by atoms with Gasteiger partial charge < -0.3 is 9.47 Å². The molecule has 0 N–H and O–H groups in total. The maximum atomic E-state index is 13.1. The summed E-state index contributed by atoms with van der Waals surface area (Å²) in [6, 6.07) is 41.5. The molecular formula is C37H36O4S2. The lowest BCUT2D eigenvalue weighted by Gasteiger charge is -2.35. The fourth-order valence-corrected chi connectivity index (χ4v) is 9.41. The van der Waals surface area contributed by atoms with Gasteiger partial charge in [0.2, 0.25) is 0 Å². The molecule has 220 valence electrons. The van der Waals surface area contributed by atoms with Crippen molar-refractivity contribution in [1.82, 2.24) is 0 Å². The fraction of sp³-hybridized carbons (Fsp3) is 0.297. The van der Waals surface area contributed by atoms with Gasteiger partial charge >= 0.3 is 11.9 Å². The van der Waals surface area contributed by atoms with Crippen LogP contribution in [0, 0.1) is 0 Å². The van der Waals surface area contributed by atoms with Gasteiger partial charge in [0.15, 0.2) is 0 Å². The predicted octanol–water partition coefficient (Wildman–Crippen LogP) is 9.22. The lowest BCUT2D eigenvalue weighted by Crippen LogP contribution is -2.30. The average Bonchev–Trinajstić information content (AvgIpc) is 3.06. The number of ether oxygens (including phenoxy) is 2. The molecule has 4 nitrogen and oxygen atoms in total. The van der Waals surface area contributed by atoms with Crippen molar-refractivity contribution in [3.63, 3.8) is 0 Å². The van der Waals surface area contributed by atoms with Crippen molar-refractivity contribution in [3.8, 4) is 0 Å². The van der Waals surface area contributed by atoms with Crippen LogP contribution in [0.15, 0.2) is 121 Å². The molecule has 0 amide bonds. The Morgan fingerprint density at radius 3 is 0.977 bits per heavy atom. The van der Waals surface area contributed by atoms with E-state index in [0.29, 0.717) is 0 Å². The van der Waals surface area contributed by atoms with E-state index in [4.69, 9.17) is 9.47 Å². The van der Waals surface area contributed by atoms with Crippen LogP contribution in [0.4, 0.5) is 0 Å². The monoisotopic (exact) mass is 608 g/mol. The van der Waals surface area contributed by atoms with Gasteiger partial charge in [0.05, 0.1) is 0 Å². The minimum Gasteiger partial charge on any atom is -0.462 e. The third-order valence-electron chi connectivity index (χ3n) is 8.14. The minimum absolute atomic E-state index is 0.203. The van der Waals surface area contributed by atoms with Gasteiger partial charge in [0, 0.05) is 46.7 Å². The molecule has 2 fully saturated rings. The van der Waals surface area contributed by atoms with E-state index in [2.05, 4.69) is 48.5 Å². The summed E-state index contributed by atoms with van der Waals surface area (Å²) in [5.41, 5.74) is 4.91. The van der Waals surface area contributed by atoms with Crippen LogP contribution in [0.25, 0.3) is 0 Å². The molecule has 0 aromatic heterocycles. The van der Waals surface area contributed by atoms with E-state index < -0.39 is 11.9 Å². The number of carbonyl (C=O) groups is 2. The molecule has 4 atom stereocenters. The second-order valence-corrected chi connectivity index (χ2v) is 14.0. The van der Waals surface area contributed by atoms with Crippen LogP contribution in [0.2, 0.25) is 0 Å². The molecule has 0 radical (unpaired) electrons. The van der Waals surface area contributed by atoms with Crippen LogP contribution in [0.3, 0.4) is 0 Å². The number of carbonyl (C=O) groups excluding carboxylic acids is 2. The highest BCUT2D eigenvalue weighted by atomic mass is 32.2. The Labute approximate surface area is 262 Å². The van der Waals surface area contributed by atoms with Crippen molar-refractivity contribution in [2.75, 3.05) is 0 Å². The standard InChI is InChI=1S/C37H36O4S2/c38-36(40-30-21-32(26-13-5-1-6-14-26)42-33(22-30)27-15-7-2-8-16-27)25-37(39)41-31-23-34(28-17-9-3-10-18-28)43-35(24-31)29-19-11-4-12-20-29/h1-20,30-35H,21-25H2. The number of hydrogen-bond acceptors (Lipinski definition) is 6. The summed E-state index contributed by atoms with van der Waals surface area (Å²) < 4.78 is 12.0. The molecule has 4 aromatic carbocycles. The first-order chi connectivity index (χ1) is 21.1. The van der Waals surface area contributed by atoms with Crippen LogP contribution >= 0.6 is 23.5 Å². The van der Waals surface area contributed by atoms with Gasteiger partial charge in [-0.2, -0.15) is 0 Å². The van der Waals surface area contributed by atoms with Crippen LogP contribution in [0.1, 0.15) is 75.4 Å². The van der Waals surface area contributed by atoms with Crippen molar-refractivity contribution in [3.05, 3.63) is 144 Å². The first-order valence-corrected chi connectivity index (χ1v) is 16.9. The molecule has 43 heavy (non-hydrogen) atoms. The zero-order valence-electron chi connectivity index (χ0n) is 24.0. The molecule has 0 aliphatic carbocycles. The van der Waals surface area contributed by atoms with Gasteiger partial charge in [-0.3, -0.25) is 9.59 Å². The summed E-state index contributed by atoms with van der Waals surface area (Å²) in [6.45, 7) is 0. The second kappa shape index (κ2) is 14.3. The smallest absolute Gasteiger partial charge is 0.317 e. The van der Waals surface area contributed by atoms with Gasteiger partial charge in [-0.05, 0) is 22.3 Å². The Morgan fingerprint density at radius 2 is 0.721 bits per heavy atom. The molecule has 0 bridgehead atoms. The Kier molecular flexibility index (Phi) is 9.86. The normalized spacial score (nSPS) is 25.4. The molecule has 2 aliphatic rings. The molecule has 4 unspecified atom stereocenters. The molecule has 2 saturated heterocycles. The number of esters is 2. The summed E-state index contributed by atoms with van der Waals surface area (Å²) in [5, 5.41) is 0.813. The summed E-state index contributed by atoms with van der Waals surface area (Å²) in [5.74, 6) is -1.02. The Balaban J connectivity index is 1.10. The molecule has 0 saturated carbocycles. The second-order valence-electron chi connectivity index (χ2n) is 11.2. The largest absolute Gasteiger partial charge is 0.462 e. The summed E-state index contributed by atoms with van der Waals surface area (Å²) in [6.07, 6.45) is 1.96. The van der Waals surface area contributed by atoms with Crippen molar-refractivity contribution in [2.24, 2.45) is 0 Å². The predicted molar refractivity (Wildman–Crippen MR) is 175 cm³/mol. The van der Waals surface area contributed by atoms with E-state index in [1.165, 1.54) is 22.3 Å². The fourth-order valence-electron chi connectivity index (χ4n) is 6.06. The van der Waals surface area contributed by atoms with E-state index in [9.17, 15) is 9.59 Å². The lowest BCUT2D eigenvalue weighted by molar-refractivity contribution is -0.161. The molecule has 2 heterocycles. The summed E-state index contributed by atoms with van der Waals surface area (Å²) >= 11 is 3.83. The molecule has 0 spiro atoms. The van der Waals surface area contributed by atoms with Crippen LogP contribution in [0.5, 0.6) is 0 Å². The molecule has 4 aromatic rings. The third-order valence-corrected chi connectivity index (χ3v) is 11.3. The maximum absolute atomic E-state index is 13.1. The van der Waals surface area contributed by atoms with Crippen LogP contribution in [-0.4, -0.2) is 24.1 Å².